The summed E-state index contributed by atoms with van der Waals surface area (Å²) >= 11 is 0. The highest BCUT2D eigenvalue weighted by Crippen LogP contribution is 2.42. The molecule has 0 fully saturated rings. The first-order valence-corrected chi connectivity index (χ1v) is 17.6. The van der Waals surface area contributed by atoms with Crippen molar-refractivity contribution in [3.05, 3.63) is 194 Å². The SMILES string of the molecule is c1ccc(-c2ccc(-c3cccc(N(c4cccc(-c5cccc6ccccc56)c4)c4ccc5oc6cc7ccccc7nc6c5c4)c3)cc2)cc1. The molecule has 0 saturated heterocycles. The van der Waals surface area contributed by atoms with Gasteiger partial charge in [0.2, 0.25) is 0 Å². The Morgan fingerprint density at radius 2 is 0.962 bits per heavy atom. The van der Waals surface area contributed by atoms with E-state index in [1.54, 1.807) is 0 Å². The standard InChI is InChI=1S/C49H32N2O/c1-2-11-33(12-3-1)34-23-25-35(26-24-34)37-16-8-18-40(29-37)51(41-19-9-17-38(30-41)44-21-10-15-36-13-4-6-20-43(36)44)42-27-28-47-45(32-42)49-48(52-47)31-39-14-5-7-22-46(39)50-49/h1-32H. The third-order valence-corrected chi connectivity index (χ3v) is 10.0. The van der Waals surface area contributed by atoms with Crippen molar-refractivity contribution >= 4 is 60.8 Å². The molecule has 0 unspecified atom stereocenters. The lowest BCUT2D eigenvalue weighted by molar-refractivity contribution is 0.669. The van der Waals surface area contributed by atoms with E-state index in [4.69, 9.17) is 9.40 Å². The van der Waals surface area contributed by atoms with Gasteiger partial charge in [-0.3, -0.25) is 0 Å². The Morgan fingerprint density at radius 1 is 0.365 bits per heavy atom. The van der Waals surface area contributed by atoms with E-state index in [1.807, 2.05) is 12.1 Å². The summed E-state index contributed by atoms with van der Waals surface area (Å²) in [4.78, 5) is 7.41. The number of aromatic nitrogens is 1. The molecule has 244 valence electrons. The maximum atomic E-state index is 6.36. The molecule has 0 aliphatic rings. The lowest BCUT2D eigenvalue weighted by atomic mass is 9.97. The summed E-state index contributed by atoms with van der Waals surface area (Å²) in [5.41, 5.74) is 13.7. The first-order chi connectivity index (χ1) is 25.7. The van der Waals surface area contributed by atoms with Crippen molar-refractivity contribution in [1.82, 2.24) is 4.98 Å². The molecule has 3 nitrogen and oxygen atoms in total. The molecule has 0 aliphatic heterocycles. The first-order valence-electron chi connectivity index (χ1n) is 17.6. The number of benzene rings is 8. The molecule has 3 heteroatoms. The van der Waals surface area contributed by atoms with Gasteiger partial charge in [-0.1, -0.05) is 140 Å². The highest BCUT2D eigenvalue weighted by Gasteiger charge is 2.18. The van der Waals surface area contributed by atoms with Crippen LogP contribution in [0.15, 0.2) is 199 Å². The summed E-state index contributed by atoms with van der Waals surface area (Å²) in [6.45, 7) is 0. The smallest absolute Gasteiger partial charge is 0.154 e. The number of hydrogen-bond acceptors (Lipinski definition) is 3. The topological polar surface area (TPSA) is 29.3 Å². The van der Waals surface area contributed by atoms with Gasteiger partial charge in [-0.05, 0) is 98.8 Å². The van der Waals surface area contributed by atoms with Gasteiger partial charge < -0.3 is 9.32 Å². The lowest BCUT2D eigenvalue weighted by Crippen LogP contribution is -2.10. The molecule has 10 rings (SSSR count). The highest BCUT2D eigenvalue weighted by atomic mass is 16.3. The van der Waals surface area contributed by atoms with Crippen LogP contribution in [0.25, 0.3) is 77.1 Å². The fraction of sp³-hybridized carbons (Fsp3) is 0. The Kier molecular flexibility index (Phi) is 7.14. The molecule has 2 aromatic heterocycles. The molecule has 52 heavy (non-hydrogen) atoms. The quantitative estimate of drug-likeness (QED) is 0.177. The van der Waals surface area contributed by atoms with Gasteiger partial charge >= 0.3 is 0 Å². The number of pyridine rings is 1. The molecule has 2 heterocycles. The van der Waals surface area contributed by atoms with Crippen molar-refractivity contribution in [3.8, 4) is 33.4 Å². The fourth-order valence-electron chi connectivity index (χ4n) is 7.46. The number of furan rings is 1. The van der Waals surface area contributed by atoms with Gasteiger partial charge in [0.1, 0.15) is 11.1 Å². The zero-order valence-corrected chi connectivity index (χ0v) is 28.3. The Hall–Kier alpha value is -6.97. The van der Waals surface area contributed by atoms with Gasteiger partial charge in [-0.15, -0.1) is 0 Å². The van der Waals surface area contributed by atoms with Crippen molar-refractivity contribution in [1.29, 1.82) is 0 Å². The number of rotatable bonds is 6. The Morgan fingerprint density at radius 3 is 1.79 bits per heavy atom. The minimum absolute atomic E-state index is 0.788. The lowest BCUT2D eigenvalue weighted by Gasteiger charge is -2.26. The van der Waals surface area contributed by atoms with Crippen molar-refractivity contribution in [2.24, 2.45) is 0 Å². The van der Waals surface area contributed by atoms with Crippen LogP contribution in [-0.2, 0) is 0 Å². The number of anilines is 3. The van der Waals surface area contributed by atoms with Crippen molar-refractivity contribution < 1.29 is 4.42 Å². The van der Waals surface area contributed by atoms with Gasteiger partial charge in [0.05, 0.1) is 5.52 Å². The monoisotopic (exact) mass is 664 g/mol. The van der Waals surface area contributed by atoms with E-state index in [2.05, 4.69) is 187 Å². The summed E-state index contributed by atoms with van der Waals surface area (Å²) in [6.07, 6.45) is 0. The van der Waals surface area contributed by atoms with Crippen molar-refractivity contribution in [2.45, 2.75) is 0 Å². The Balaban J connectivity index is 1.13. The molecular formula is C49H32N2O. The molecule has 0 radical (unpaired) electrons. The zero-order chi connectivity index (χ0) is 34.4. The van der Waals surface area contributed by atoms with Crippen LogP contribution in [0.1, 0.15) is 0 Å². The van der Waals surface area contributed by atoms with Gasteiger partial charge in [-0.25, -0.2) is 4.98 Å². The van der Waals surface area contributed by atoms with Gasteiger partial charge in [-0.2, -0.15) is 0 Å². The normalized spacial score (nSPS) is 11.5. The number of nitrogens with zero attached hydrogens (tertiary/aromatic N) is 2. The molecule has 8 aromatic carbocycles. The molecule has 0 aliphatic carbocycles. The van der Waals surface area contributed by atoms with Crippen LogP contribution in [0.2, 0.25) is 0 Å². The van der Waals surface area contributed by atoms with Crippen LogP contribution < -0.4 is 4.90 Å². The predicted molar refractivity (Wildman–Crippen MR) is 218 cm³/mol. The average molecular weight is 665 g/mol. The van der Waals surface area contributed by atoms with Gasteiger partial charge in [0.15, 0.2) is 5.58 Å². The van der Waals surface area contributed by atoms with E-state index in [0.29, 0.717) is 0 Å². The molecule has 0 spiro atoms. The fourth-order valence-corrected chi connectivity index (χ4v) is 7.46. The van der Waals surface area contributed by atoms with Crippen molar-refractivity contribution in [2.75, 3.05) is 4.90 Å². The maximum Gasteiger partial charge on any atom is 0.154 e. The summed E-state index contributed by atoms with van der Waals surface area (Å²) < 4.78 is 6.36. The van der Waals surface area contributed by atoms with Crippen LogP contribution in [0.3, 0.4) is 0 Å². The van der Waals surface area contributed by atoms with Crippen LogP contribution in [0.4, 0.5) is 17.1 Å². The third-order valence-electron chi connectivity index (χ3n) is 10.0. The Bertz CT molecular complexity index is 2900. The number of fused-ring (bicyclic) bond motifs is 5. The van der Waals surface area contributed by atoms with E-state index in [0.717, 1.165) is 61.2 Å². The molecule has 0 N–H and O–H groups in total. The van der Waals surface area contributed by atoms with Crippen LogP contribution in [-0.4, -0.2) is 4.98 Å². The molecule has 10 aromatic rings. The van der Waals surface area contributed by atoms with E-state index in [1.165, 1.54) is 33.0 Å². The van der Waals surface area contributed by atoms with E-state index >= 15 is 0 Å². The minimum atomic E-state index is 0.788. The molecule has 0 saturated carbocycles. The zero-order valence-electron chi connectivity index (χ0n) is 28.3. The second-order valence-electron chi connectivity index (χ2n) is 13.2. The van der Waals surface area contributed by atoms with Crippen LogP contribution >= 0.6 is 0 Å². The van der Waals surface area contributed by atoms with E-state index < -0.39 is 0 Å². The molecular weight excluding hydrogens is 633 g/mol. The summed E-state index contributed by atoms with van der Waals surface area (Å²) in [5, 5.41) is 4.51. The summed E-state index contributed by atoms with van der Waals surface area (Å²) in [7, 11) is 0. The van der Waals surface area contributed by atoms with Crippen LogP contribution in [0, 0.1) is 0 Å². The molecule has 0 atom stereocenters. The predicted octanol–water partition coefficient (Wildman–Crippen LogP) is 13.8. The summed E-state index contributed by atoms with van der Waals surface area (Å²) in [5.74, 6) is 0. The van der Waals surface area contributed by atoms with E-state index in [9.17, 15) is 0 Å². The number of hydrogen-bond donors (Lipinski definition) is 0. The van der Waals surface area contributed by atoms with Crippen LogP contribution in [0.5, 0.6) is 0 Å². The second-order valence-corrected chi connectivity index (χ2v) is 13.2. The third kappa shape index (κ3) is 5.28. The van der Waals surface area contributed by atoms with E-state index in [-0.39, 0.29) is 0 Å². The highest BCUT2D eigenvalue weighted by molar-refractivity contribution is 6.07. The minimum Gasteiger partial charge on any atom is -0.454 e. The first kappa shape index (κ1) is 29.9. The van der Waals surface area contributed by atoms with Gasteiger partial charge in [0, 0.05) is 27.8 Å². The van der Waals surface area contributed by atoms with Crippen molar-refractivity contribution in [3.63, 3.8) is 0 Å². The largest absolute Gasteiger partial charge is 0.454 e. The number of para-hydroxylation sites is 1. The maximum absolute atomic E-state index is 6.36. The summed E-state index contributed by atoms with van der Waals surface area (Å²) in [6, 6.07) is 68.9. The second kappa shape index (κ2) is 12.4. The average Bonchev–Trinajstić information content (AvgIpc) is 3.57. The molecule has 0 bridgehead atoms. The Labute approximate surface area is 301 Å². The van der Waals surface area contributed by atoms with Gasteiger partial charge in [0.25, 0.3) is 0 Å². The molecule has 0 amide bonds.